The number of aliphatic hydroxyl groups excluding tert-OH is 2. The number of hydrogen-bond acceptors (Lipinski definition) is 3. The van der Waals surface area contributed by atoms with Gasteiger partial charge in [0.1, 0.15) is 0 Å². The zero-order valence-corrected chi connectivity index (χ0v) is 9.34. The number of amides is 1. The van der Waals surface area contributed by atoms with E-state index in [2.05, 4.69) is 11.9 Å². The predicted molar refractivity (Wildman–Crippen MR) is 63.1 cm³/mol. The maximum Gasteiger partial charge on any atom is 0.211 e. The molecular weight excluding hydrogens is 218 g/mol. The maximum atomic E-state index is 10.4. The number of aliphatic hydroxyl groups is 2. The first-order valence-electron chi connectivity index (χ1n) is 5.49. The normalized spacial score (nSPS) is 27.1. The summed E-state index contributed by atoms with van der Waals surface area (Å²) in [7, 11) is 0. The molecule has 3 N–H and O–H groups in total. The van der Waals surface area contributed by atoms with E-state index in [-0.39, 0.29) is 12.3 Å². The van der Waals surface area contributed by atoms with Crippen LogP contribution < -0.4 is 5.32 Å². The number of rotatable bonds is 3. The Balaban J connectivity index is 2.42. The van der Waals surface area contributed by atoms with E-state index >= 15 is 0 Å². The first kappa shape index (κ1) is 11.8. The number of hydrogen-bond donors (Lipinski definition) is 3. The molecule has 0 radical (unpaired) electrons. The number of carbonyl (C=O) groups is 1. The van der Waals surface area contributed by atoms with Crippen LogP contribution in [0.25, 0.3) is 0 Å². The summed E-state index contributed by atoms with van der Waals surface area (Å²) in [4.78, 5) is 10.4. The zero-order valence-electron chi connectivity index (χ0n) is 9.34. The molecule has 3 atom stereocenters. The summed E-state index contributed by atoms with van der Waals surface area (Å²) in [5, 5.41) is 22.4. The molecule has 17 heavy (non-hydrogen) atoms. The highest BCUT2D eigenvalue weighted by Gasteiger charge is 2.34. The van der Waals surface area contributed by atoms with Crippen molar-refractivity contribution in [2.24, 2.45) is 0 Å². The maximum absolute atomic E-state index is 10.4. The van der Waals surface area contributed by atoms with Crippen molar-refractivity contribution in [3.63, 3.8) is 0 Å². The molecule has 1 amide bonds. The molecule has 1 aliphatic carbocycles. The Morgan fingerprint density at radius 2 is 2.00 bits per heavy atom. The average Bonchev–Trinajstić information content (AvgIpc) is 2.29. The molecule has 0 heterocycles. The van der Waals surface area contributed by atoms with Crippen LogP contribution in [0.5, 0.6) is 0 Å². The lowest BCUT2D eigenvalue weighted by atomic mass is 9.78. The Labute approximate surface area is 99.6 Å². The lowest BCUT2D eigenvalue weighted by molar-refractivity contribution is -0.109. The zero-order chi connectivity index (χ0) is 12.4. The summed E-state index contributed by atoms with van der Waals surface area (Å²) in [5.74, 6) is -0.361. The van der Waals surface area contributed by atoms with E-state index in [1.807, 2.05) is 24.3 Å². The van der Waals surface area contributed by atoms with Crippen molar-refractivity contribution in [2.75, 3.05) is 0 Å². The molecule has 1 aliphatic rings. The summed E-state index contributed by atoms with van der Waals surface area (Å²) >= 11 is 0. The van der Waals surface area contributed by atoms with Gasteiger partial charge in [0.05, 0.1) is 12.2 Å². The average molecular weight is 233 g/mol. The second-order valence-electron chi connectivity index (χ2n) is 4.21. The highest BCUT2D eigenvalue weighted by Crippen LogP contribution is 2.40. The minimum absolute atomic E-state index is 0.251. The van der Waals surface area contributed by atoms with Crippen LogP contribution in [0.2, 0.25) is 0 Å². The third-order valence-electron chi connectivity index (χ3n) is 3.16. The quantitative estimate of drug-likeness (QED) is 0.677. The second-order valence-corrected chi connectivity index (χ2v) is 4.21. The fraction of sp³-hybridized carbons (Fsp3) is 0.308. The van der Waals surface area contributed by atoms with Gasteiger partial charge in [-0.15, -0.1) is 0 Å². The van der Waals surface area contributed by atoms with Gasteiger partial charge in [0.15, 0.2) is 0 Å². The molecule has 4 heteroatoms. The second kappa shape index (κ2) is 4.69. The Morgan fingerprint density at radius 1 is 1.35 bits per heavy atom. The number of fused-ring (bicyclic) bond motifs is 1. The van der Waals surface area contributed by atoms with Crippen molar-refractivity contribution < 1.29 is 15.0 Å². The van der Waals surface area contributed by atoms with Gasteiger partial charge in [-0.25, -0.2) is 0 Å². The highest BCUT2D eigenvalue weighted by molar-refractivity contribution is 5.52. The van der Waals surface area contributed by atoms with E-state index in [1.165, 1.54) is 0 Å². The van der Waals surface area contributed by atoms with Gasteiger partial charge in [0, 0.05) is 18.0 Å². The molecule has 0 spiro atoms. The largest absolute Gasteiger partial charge is 0.392 e. The fourth-order valence-corrected chi connectivity index (χ4v) is 2.38. The van der Waals surface area contributed by atoms with Gasteiger partial charge in [0.25, 0.3) is 0 Å². The molecule has 1 aromatic carbocycles. The first-order valence-corrected chi connectivity index (χ1v) is 5.49. The third-order valence-corrected chi connectivity index (χ3v) is 3.16. The summed E-state index contributed by atoms with van der Waals surface area (Å²) in [5.41, 5.74) is 2.06. The Kier molecular flexibility index (Phi) is 3.26. The monoisotopic (exact) mass is 233 g/mol. The molecule has 4 nitrogen and oxygen atoms in total. The van der Waals surface area contributed by atoms with Crippen LogP contribution in [0, 0.1) is 0 Å². The lowest BCUT2D eigenvalue weighted by Crippen LogP contribution is -2.32. The van der Waals surface area contributed by atoms with Gasteiger partial charge in [-0.05, 0) is 11.1 Å². The minimum atomic E-state index is -0.736. The summed E-state index contributed by atoms with van der Waals surface area (Å²) in [6, 6.07) is 7.34. The lowest BCUT2D eigenvalue weighted by Gasteiger charge is -2.34. The van der Waals surface area contributed by atoms with Crippen molar-refractivity contribution in [2.45, 2.75) is 24.5 Å². The molecule has 0 bridgehead atoms. The van der Waals surface area contributed by atoms with Crippen molar-refractivity contribution >= 4 is 6.41 Å². The van der Waals surface area contributed by atoms with Crippen LogP contribution in [0.3, 0.4) is 0 Å². The Bertz CT molecular complexity index is 444. The van der Waals surface area contributed by atoms with Gasteiger partial charge in [-0.2, -0.15) is 0 Å². The number of carbonyl (C=O) groups excluding carboxylic acids is 1. The molecule has 1 aromatic rings. The Morgan fingerprint density at radius 3 is 2.65 bits per heavy atom. The van der Waals surface area contributed by atoms with Gasteiger partial charge in [-0.1, -0.05) is 30.8 Å². The van der Waals surface area contributed by atoms with Crippen molar-refractivity contribution in [1.29, 1.82) is 0 Å². The first-order chi connectivity index (χ1) is 8.15. The van der Waals surface area contributed by atoms with E-state index in [9.17, 15) is 15.0 Å². The molecule has 0 fully saturated rings. The SMILES string of the molecule is C=C(NC=O)C1c2ccccc2C(O)CC1O. The standard InChI is InChI=1S/C13H15NO3/c1-8(14-7-15)13-10-5-3-2-4-9(10)11(16)6-12(13)17/h2-5,7,11-13,16-17H,1,6H2,(H,14,15). The van der Waals surface area contributed by atoms with Crippen LogP contribution in [0.15, 0.2) is 36.5 Å². The van der Waals surface area contributed by atoms with Crippen molar-refractivity contribution in [1.82, 2.24) is 5.32 Å². The highest BCUT2D eigenvalue weighted by atomic mass is 16.3. The predicted octanol–water partition coefficient (Wildman–Crippen LogP) is 0.828. The molecule has 0 aromatic heterocycles. The van der Waals surface area contributed by atoms with Gasteiger partial charge in [-0.3, -0.25) is 4.79 Å². The van der Waals surface area contributed by atoms with E-state index in [1.54, 1.807) is 0 Å². The molecule has 3 unspecified atom stereocenters. The van der Waals surface area contributed by atoms with Crippen LogP contribution in [0.4, 0.5) is 0 Å². The Hall–Kier alpha value is -1.65. The topological polar surface area (TPSA) is 69.6 Å². The minimum Gasteiger partial charge on any atom is -0.392 e. The van der Waals surface area contributed by atoms with E-state index < -0.39 is 12.2 Å². The molecule has 2 rings (SSSR count). The van der Waals surface area contributed by atoms with Crippen LogP contribution in [-0.2, 0) is 4.79 Å². The van der Waals surface area contributed by atoms with Crippen LogP contribution in [-0.4, -0.2) is 22.7 Å². The van der Waals surface area contributed by atoms with E-state index in [0.717, 1.165) is 11.1 Å². The third kappa shape index (κ3) is 2.09. The van der Waals surface area contributed by atoms with Crippen molar-refractivity contribution in [3.05, 3.63) is 47.7 Å². The molecule has 0 saturated heterocycles. The van der Waals surface area contributed by atoms with Gasteiger partial charge < -0.3 is 15.5 Å². The van der Waals surface area contributed by atoms with Gasteiger partial charge >= 0.3 is 0 Å². The summed E-state index contributed by atoms with van der Waals surface area (Å²) in [6.45, 7) is 3.76. The number of nitrogens with one attached hydrogen (secondary N) is 1. The fourth-order valence-electron chi connectivity index (χ4n) is 2.38. The molecule has 0 aliphatic heterocycles. The van der Waals surface area contributed by atoms with E-state index in [4.69, 9.17) is 0 Å². The van der Waals surface area contributed by atoms with E-state index in [0.29, 0.717) is 12.1 Å². The van der Waals surface area contributed by atoms with Gasteiger partial charge in [0.2, 0.25) is 6.41 Å². The molecule has 0 saturated carbocycles. The molecule has 90 valence electrons. The smallest absolute Gasteiger partial charge is 0.211 e. The van der Waals surface area contributed by atoms with Crippen LogP contribution >= 0.6 is 0 Å². The number of benzene rings is 1. The molecular formula is C13H15NO3. The van der Waals surface area contributed by atoms with Crippen molar-refractivity contribution in [3.8, 4) is 0 Å². The summed E-state index contributed by atoms with van der Waals surface area (Å²) < 4.78 is 0. The van der Waals surface area contributed by atoms with Crippen LogP contribution in [0.1, 0.15) is 29.6 Å². The summed E-state index contributed by atoms with van der Waals surface area (Å²) in [6.07, 6.45) is -0.606.